The van der Waals surface area contributed by atoms with Crippen LogP contribution in [0.4, 0.5) is 154 Å². The number of ether oxygens (including phenoxy) is 1. The van der Waals surface area contributed by atoms with Crippen molar-refractivity contribution in [2.45, 2.75) is 108 Å². The van der Waals surface area contributed by atoms with E-state index < -0.39 is 133 Å². The first kappa shape index (κ1) is 55.8. The van der Waals surface area contributed by atoms with Crippen LogP contribution in [-0.2, 0) is 9.53 Å². The molecule has 0 aromatic carbocycles. The van der Waals surface area contributed by atoms with Crippen LogP contribution in [0.2, 0.25) is 0 Å². The number of hydrogen-bond acceptors (Lipinski definition) is 2. The summed E-state index contributed by atoms with van der Waals surface area (Å²) in [4.78, 5) is 10.7. The molecule has 0 aliphatic heterocycles. The number of rotatable bonds is 18. The van der Waals surface area contributed by atoms with Gasteiger partial charge in [0.15, 0.2) is 0 Å². The Bertz CT molecular complexity index is 1520. The van der Waals surface area contributed by atoms with Gasteiger partial charge in [0, 0.05) is 6.42 Å². The van der Waals surface area contributed by atoms with Gasteiger partial charge in [-0.1, -0.05) is 0 Å². The Balaban J connectivity index is 7.50. The van der Waals surface area contributed by atoms with E-state index >= 15 is 0 Å². The van der Waals surface area contributed by atoms with Crippen molar-refractivity contribution < 1.29 is 163 Å². The number of alkyl halides is 33. The van der Waals surface area contributed by atoms with Crippen molar-refractivity contribution in [2.75, 3.05) is 6.61 Å². The van der Waals surface area contributed by atoms with Gasteiger partial charge in [-0.15, -0.1) is 0 Å². The molecular formula is C22H7F35O2. The zero-order chi connectivity index (χ0) is 48.7. The normalized spacial score (nSPS) is 16.3. The third-order valence-electron chi connectivity index (χ3n) is 7.12. The molecule has 0 aliphatic carbocycles. The molecule has 37 heteroatoms. The standard InChI is InChI=1S/C22H7F35O2/c23-5(24)4-6(58)59-3-1-2-7(25,26)9(28,29)11(32,33)13(36,37)15(40,41)17(44,45)19(48,49)20(50,51)18(46,47)16(42,43)14(38,39)12(34,35)10(30,31)8(27,21(52,53)54)22(55,56)57/h4H,1-3H2. The summed E-state index contributed by atoms with van der Waals surface area (Å²) < 4.78 is 476. The van der Waals surface area contributed by atoms with Gasteiger partial charge in [0.25, 0.3) is 6.08 Å². The molecule has 0 saturated heterocycles. The lowest BCUT2D eigenvalue weighted by molar-refractivity contribution is -0.492. The van der Waals surface area contributed by atoms with Crippen molar-refractivity contribution in [1.29, 1.82) is 0 Å². The smallest absolute Gasteiger partial charge is 0.438 e. The molecule has 0 heterocycles. The molecule has 0 spiro atoms. The second-order valence-electron chi connectivity index (χ2n) is 11.0. The first-order chi connectivity index (χ1) is 25.1. The van der Waals surface area contributed by atoms with Crippen molar-refractivity contribution in [3.05, 3.63) is 12.2 Å². The Hall–Kier alpha value is -3.24. The van der Waals surface area contributed by atoms with Gasteiger partial charge in [0.2, 0.25) is 0 Å². The summed E-state index contributed by atoms with van der Waals surface area (Å²) in [6.07, 6.45) is -27.1. The summed E-state index contributed by atoms with van der Waals surface area (Å²) in [7, 11) is 0. The lowest BCUT2D eigenvalue weighted by Crippen LogP contribution is -2.80. The van der Waals surface area contributed by atoms with E-state index in [2.05, 4.69) is 4.74 Å². The van der Waals surface area contributed by atoms with E-state index in [-0.39, 0.29) is 0 Å². The fourth-order valence-corrected chi connectivity index (χ4v) is 3.69. The number of halogens is 35. The van der Waals surface area contributed by atoms with Crippen LogP contribution in [-0.4, -0.2) is 108 Å². The van der Waals surface area contributed by atoms with Crippen molar-refractivity contribution in [3.8, 4) is 0 Å². The summed E-state index contributed by atoms with van der Waals surface area (Å²) in [6.45, 7) is -1.97. The molecule has 0 rings (SSSR count). The Morgan fingerprint density at radius 3 is 0.797 bits per heavy atom. The minimum absolute atomic E-state index is 0.842. The first-order valence-electron chi connectivity index (χ1n) is 13.0. The minimum Gasteiger partial charge on any atom is -0.462 e. The predicted molar refractivity (Wildman–Crippen MR) is 111 cm³/mol. The quantitative estimate of drug-likeness (QED) is 0.0592. The molecule has 0 aromatic rings. The van der Waals surface area contributed by atoms with Crippen LogP contribution in [0.15, 0.2) is 12.2 Å². The third-order valence-corrected chi connectivity index (χ3v) is 7.12. The van der Waals surface area contributed by atoms with Crippen molar-refractivity contribution >= 4 is 5.97 Å². The van der Waals surface area contributed by atoms with Crippen molar-refractivity contribution in [2.24, 2.45) is 0 Å². The molecule has 0 N–H and O–H groups in total. The molecule has 0 unspecified atom stereocenters. The lowest BCUT2D eigenvalue weighted by atomic mass is 9.81. The van der Waals surface area contributed by atoms with Crippen LogP contribution in [0.5, 0.6) is 0 Å². The van der Waals surface area contributed by atoms with Gasteiger partial charge in [-0.25, -0.2) is 9.18 Å². The maximum absolute atomic E-state index is 14.0. The summed E-state index contributed by atoms with van der Waals surface area (Å²) in [5.74, 6) is -128. The summed E-state index contributed by atoms with van der Waals surface area (Å²) in [6, 6.07) is 0. The van der Waals surface area contributed by atoms with Crippen molar-refractivity contribution in [3.63, 3.8) is 0 Å². The minimum atomic E-state index is -10.3. The van der Waals surface area contributed by atoms with E-state index in [9.17, 15) is 158 Å². The fraction of sp³-hybridized carbons (Fsp3) is 0.864. The molecular weight excluding hydrogens is 961 g/mol. The zero-order valence-electron chi connectivity index (χ0n) is 25.7. The predicted octanol–water partition coefficient (Wildman–Crippen LogP) is 12.2. The van der Waals surface area contributed by atoms with Crippen LogP contribution < -0.4 is 0 Å². The largest absolute Gasteiger partial charge is 0.462 e. The van der Waals surface area contributed by atoms with Gasteiger partial charge < -0.3 is 4.74 Å². The van der Waals surface area contributed by atoms with Gasteiger partial charge in [-0.3, -0.25) is 0 Å². The monoisotopic (exact) mass is 968 g/mol. The SMILES string of the molecule is O=C(C=C(F)F)OCCCC(F)(F)C(F)(F)C(F)(F)C(F)(F)C(F)(F)C(F)(F)C(F)(F)C(F)(F)C(F)(F)C(F)(F)C(F)(F)C(F)(F)C(F)(F)C(F)(C(F)(F)F)C(F)(F)F. The Morgan fingerprint density at radius 2 is 0.576 bits per heavy atom. The van der Waals surface area contributed by atoms with E-state index in [4.69, 9.17) is 0 Å². The number of esters is 1. The molecule has 2 nitrogen and oxygen atoms in total. The lowest BCUT2D eigenvalue weighted by Gasteiger charge is -2.47. The molecule has 0 aromatic heterocycles. The van der Waals surface area contributed by atoms with Gasteiger partial charge in [-0.2, -0.15) is 149 Å². The van der Waals surface area contributed by atoms with Gasteiger partial charge in [0.1, 0.15) is 0 Å². The average Bonchev–Trinajstić information content (AvgIpc) is 2.99. The zero-order valence-corrected chi connectivity index (χ0v) is 25.7. The topological polar surface area (TPSA) is 26.3 Å². The number of carbonyl (C=O) groups is 1. The van der Waals surface area contributed by atoms with Crippen molar-refractivity contribution in [1.82, 2.24) is 0 Å². The first-order valence-corrected chi connectivity index (χ1v) is 13.0. The number of hydrogen-bond donors (Lipinski definition) is 0. The molecule has 0 atom stereocenters. The third kappa shape index (κ3) is 7.38. The highest BCUT2D eigenvalue weighted by Crippen LogP contribution is 2.70. The van der Waals surface area contributed by atoms with E-state index in [1.807, 2.05) is 0 Å². The molecule has 0 fully saturated rings. The summed E-state index contributed by atoms with van der Waals surface area (Å²) in [5, 5.41) is 0. The maximum Gasteiger partial charge on any atom is 0.438 e. The summed E-state index contributed by atoms with van der Waals surface area (Å²) in [5.41, 5.74) is -9.45. The van der Waals surface area contributed by atoms with E-state index in [1.54, 1.807) is 0 Å². The van der Waals surface area contributed by atoms with Crippen LogP contribution >= 0.6 is 0 Å². The molecule has 352 valence electrons. The van der Waals surface area contributed by atoms with Gasteiger partial charge in [-0.05, 0) is 6.42 Å². The molecule has 59 heavy (non-hydrogen) atoms. The van der Waals surface area contributed by atoms with Crippen LogP contribution in [0, 0.1) is 0 Å². The number of carbonyl (C=O) groups excluding carboxylic acids is 1. The molecule has 0 aliphatic rings. The van der Waals surface area contributed by atoms with Gasteiger partial charge in [0.05, 0.1) is 12.7 Å². The Kier molecular flexibility index (Phi) is 13.9. The van der Waals surface area contributed by atoms with E-state index in [1.165, 1.54) is 0 Å². The highest BCUT2D eigenvalue weighted by atomic mass is 19.4. The van der Waals surface area contributed by atoms with Crippen LogP contribution in [0.1, 0.15) is 12.8 Å². The molecule has 0 saturated carbocycles. The fourth-order valence-electron chi connectivity index (χ4n) is 3.69. The molecule has 0 radical (unpaired) electrons. The Morgan fingerprint density at radius 1 is 0.356 bits per heavy atom. The second kappa shape index (κ2) is 14.7. The average molecular weight is 968 g/mol. The molecule has 0 amide bonds. The van der Waals surface area contributed by atoms with Crippen LogP contribution in [0.25, 0.3) is 0 Å². The second-order valence-corrected chi connectivity index (χ2v) is 11.0. The highest BCUT2D eigenvalue weighted by molar-refractivity contribution is 5.82. The summed E-state index contributed by atoms with van der Waals surface area (Å²) >= 11 is 0. The van der Waals surface area contributed by atoms with E-state index in [0.717, 1.165) is 0 Å². The maximum atomic E-state index is 14.0. The van der Waals surface area contributed by atoms with Gasteiger partial charge >= 0.3 is 101 Å². The van der Waals surface area contributed by atoms with E-state index in [0.29, 0.717) is 0 Å². The van der Waals surface area contributed by atoms with Crippen LogP contribution in [0.3, 0.4) is 0 Å². The molecule has 0 bridgehead atoms. The Labute approximate surface area is 297 Å². The highest BCUT2D eigenvalue weighted by Gasteiger charge is 3.02.